The largest absolute Gasteiger partial charge is 0.466 e. The number of allylic oxidation sites excluding steroid dienone is 1. The molecule has 1 heterocycles. The van der Waals surface area contributed by atoms with Crippen LogP contribution in [0.5, 0.6) is 0 Å². The average Bonchev–Trinajstić information content (AvgIpc) is 3.00. The molecule has 5 atom stereocenters. The minimum Gasteiger partial charge on any atom is -0.466 e. The van der Waals surface area contributed by atoms with E-state index < -0.39 is 17.9 Å². The van der Waals surface area contributed by atoms with Crippen LogP contribution in [0.2, 0.25) is 0 Å². The Bertz CT molecular complexity index is 621. The van der Waals surface area contributed by atoms with Crippen LogP contribution < -0.4 is 5.32 Å². The quantitative estimate of drug-likeness (QED) is 0.286. The number of nitrogens with zero attached hydrogens (tertiary/aromatic N) is 1. The number of rotatable bonds is 12. The minimum atomic E-state index is -0.617. The van der Waals surface area contributed by atoms with Gasteiger partial charge in [0.05, 0.1) is 18.4 Å². The van der Waals surface area contributed by atoms with Gasteiger partial charge in [0.25, 0.3) is 0 Å². The van der Waals surface area contributed by atoms with Crippen LogP contribution in [-0.2, 0) is 19.1 Å². The van der Waals surface area contributed by atoms with Crippen molar-refractivity contribution in [2.24, 2.45) is 23.7 Å². The van der Waals surface area contributed by atoms with Gasteiger partial charge in [-0.1, -0.05) is 38.8 Å². The van der Waals surface area contributed by atoms with Gasteiger partial charge in [-0.05, 0) is 38.5 Å². The molecule has 1 fully saturated rings. The Hall–Kier alpha value is -1.89. The summed E-state index contributed by atoms with van der Waals surface area (Å²) in [5.41, 5.74) is 0. The topological polar surface area (TPSA) is 95.9 Å². The Balaban J connectivity index is 2.35. The highest BCUT2D eigenvalue weighted by molar-refractivity contribution is 5.96. The summed E-state index contributed by atoms with van der Waals surface area (Å²) in [6, 6.07) is -0.617. The number of nitrogens with one attached hydrogen (secondary N) is 1. The number of unbranched alkanes of at least 4 members (excludes halogenated alkanes) is 2. The predicted molar refractivity (Wildman–Crippen MR) is 114 cm³/mol. The van der Waals surface area contributed by atoms with E-state index in [9.17, 15) is 14.4 Å². The molecule has 0 radical (unpaired) electrons. The van der Waals surface area contributed by atoms with Gasteiger partial charge in [0.1, 0.15) is 6.04 Å². The van der Waals surface area contributed by atoms with Crippen LogP contribution in [0.15, 0.2) is 12.2 Å². The molecule has 1 saturated heterocycles. The number of hydrogen-bond acceptors (Lipinski definition) is 5. The molecule has 0 unspecified atom stereocenters. The number of amides is 2. The summed E-state index contributed by atoms with van der Waals surface area (Å²) in [5.74, 6) is -2.16. The van der Waals surface area contributed by atoms with Crippen molar-refractivity contribution < 1.29 is 24.2 Å². The summed E-state index contributed by atoms with van der Waals surface area (Å²) in [7, 11) is 0. The zero-order chi connectivity index (χ0) is 22.1. The van der Waals surface area contributed by atoms with E-state index in [1.54, 1.807) is 11.8 Å². The van der Waals surface area contributed by atoms with Gasteiger partial charge in [0.15, 0.2) is 0 Å². The molecule has 1 aliphatic heterocycles. The van der Waals surface area contributed by atoms with Crippen molar-refractivity contribution in [3.63, 3.8) is 0 Å². The van der Waals surface area contributed by atoms with Crippen LogP contribution in [0.1, 0.15) is 59.3 Å². The first-order chi connectivity index (χ1) is 14.5. The first kappa shape index (κ1) is 24.4. The minimum absolute atomic E-state index is 0.0478. The van der Waals surface area contributed by atoms with Crippen molar-refractivity contribution in [1.82, 2.24) is 10.2 Å². The maximum Gasteiger partial charge on any atom is 0.310 e. The molecule has 0 aromatic heterocycles. The fourth-order valence-electron chi connectivity index (χ4n) is 4.79. The third-order valence-corrected chi connectivity index (χ3v) is 6.20. The van der Waals surface area contributed by atoms with Crippen LogP contribution in [0.25, 0.3) is 0 Å². The summed E-state index contributed by atoms with van der Waals surface area (Å²) in [6.45, 7) is 7.18. The van der Waals surface area contributed by atoms with Gasteiger partial charge < -0.3 is 20.1 Å². The number of likely N-dealkylation sites (tertiary alicyclic amines) is 1. The molecule has 0 spiro atoms. The van der Waals surface area contributed by atoms with Gasteiger partial charge in [-0.25, -0.2) is 0 Å². The van der Waals surface area contributed by atoms with E-state index in [1.807, 2.05) is 12.2 Å². The van der Waals surface area contributed by atoms with Gasteiger partial charge in [0, 0.05) is 25.6 Å². The summed E-state index contributed by atoms with van der Waals surface area (Å²) < 4.78 is 5.35. The molecular formula is C23H38N2O5. The molecule has 0 aromatic rings. The molecule has 7 nitrogen and oxygen atoms in total. The lowest BCUT2D eigenvalue weighted by molar-refractivity contribution is -0.155. The van der Waals surface area contributed by atoms with Crippen molar-refractivity contribution in [3.8, 4) is 0 Å². The van der Waals surface area contributed by atoms with Crippen LogP contribution in [0, 0.1) is 23.7 Å². The Morgan fingerprint density at radius 3 is 2.53 bits per heavy atom. The van der Waals surface area contributed by atoms with Crippen molar-refractivity contribution in [3.05, 3.63) is 12.2 Å². The van der Waals surface area contributed by atoms with Crippen molar-refractivity contribution >= 4 is 17.8 Å². The van der Waals surface area contributed by atoms with Gasteiger partial charge in [0.2, 0.25) is 11.8 Å². The highest BCUT2D eigenvalue weighted by atomic mass is 16.5. The molecule has 1 aliphatic carbocycles. The fraction of sp³-hybridized carbons (Fsp3) is 0.783. The van der Waals surface area contributed by atoms with E-state index in [4.69, 9.17) is 9.84 Å². The lowest BCUT2D eigenvalue weighted by Gasteiger charge is -2.33. The number of esters is 1. The molecule has 2 rings (SSSR count). The second-order valence-electron chi connectivity index (χ2n) is 8.27. The number of carbonyl (C=O) groups excluding carboxylic acids is 3. The van der Waals surface area contributed by atoms with E-state index in [0.717, 1.165) is 25.7 Å². The number of aliphatic hydroxyl groups excluding tert-OH is 1. The van der Waals surface area contributed by atoms with E-state index in [1.165, 1.54) is 0 Å². The van der Waals surface area contributed by atoms with Crippen LogP contribution in [0.3, 0.4) is 0 Å². The Morgan fingerprint density at radius 2 is 1.90 bits per heavy atom. The fourth-order valence-corrected chi connectivity index (χ4v) is 4.79. The third-order valence-electron chi connectivity index (χ3n) is 6.20. The van der Waals surface area contributed by atoms with E-state index in [0.29, 0.717) is 25.9 Å². The summed E-state index contributed by atoms with van der Waals surface area (Å²) in [5, 5.41) is 12.1. The summed E-state index contributed by atoms with van der Waals surface area (Å²) in [6.07, 6.45) is 8.74. The standard InChI is InChI=1S/C23H38N2O5/c1-4-7-13-24-21(27)20-17-12-11-16(10-5-2)18(23(29)30-6-3)19(17)22(28)25(20)14-8-9-15-26/h11-12,16-20,26H,4-10,13-15H2,1-3H3,(H,24,27)/t16-,17+,18-,19-,20+/m1/s1. The maximum atomic E-state index is 13.5. The summed E-state index contributed by atoms with van der Waals surface area (Å²) >= 11 is 0. The molecule has 170 valence electrons. The van der Waals surface area contributed by atoms with Crippen molar-refractivity contribution in [2.75, 3.05) is 26.3 Å². The molecule has 0 saturated carbocycles. The van der Waals surface area contributed by atoms with Crippen molar-refractivity contribution in [1.29, 1.82) is 0 Å². The Labute approximate surface area is 180 Å². The van der Waals surface area contributed by atoms with E-state index >= 15 is 0 Å². The predicted octanol–water partition coefficient (Wildman–Crippen LogP) is 2.28. The van der Waals surface area contributed by atoms with Gasteiger partial charge in [-0.2, -0.15) is 0 Å². The Kier molecular flexibility index (Phi) is 9.82. The number of aliphatic hydroxyl groups is 1. The molecule has 2 amide bonds. The highest BCUT2D eigenvalue weighted by Gasteiger charge is 2.57. The molecule has 0 bridgehead atoms. The molecular weight excluding hydrogens is 384 g/mol. The SMILES string of the molecule is CCCCNC(=O)[C@@H]1[C@H]2C=C[C@@H](CCC)[C@@H](C(=O)OCC)[C@@H]2C(=O)N1CCCCO. The number of fused-ring (bicyclic) bond motifs is 1. The van der Waals surface area contributed by atoms with E-state index in [2.05, 4.69) is 19.2 Å². The van der Waals surface area contributed by atoms with Crippen molar-refractivity contribution in [2.45, 2.75) is 65.3 Å². The van der Waals surface area contributed by atoms with Crippen LogP contribution in [0.4, 0.5) is 0 Å². The zero-order valence-corrected chi connectivity index (χ0v) is 18.6. The summed E-state index contributed by atoms with van der Waals surface area (Å²) in [4.78, 5) is 41.1. The zero-order valence-electron chi connectivity index (χ0n) is 18.6. The lowest BCUT2D eigenvalue weighted by Crippen LogP contribution is -2.47. The molecule has 30 heavy (non-hydrogen) atoms. The molecule has 7 heteroatoms. The lowest BCUT2D eigenvalue weighted by atomic mass is 9.69. The normalized spacial score (nSPS) is 27.8. The molecule has 0 aromatic carbocycles. The van der Waals surface area contributed by atoms with Gasteiger partial charge >= 0.3 is 5.97 Å². The smallest absolute Gasteiger partial charge is 0.310 e. The number of ether oxygens (including phenoxy) is 1. The first-order valence-electron chi connectivity index (χ1n) is 11.6. The molecule has 2 N–H and O–H groups in total. The second kappa shape index (κ2) is 12.1. The van der Waals surface area contributed by atoms with E-state index in [-0.39, 0.29) is 42.8 Å². The first-order valence-corrected chi connectivity index (χ1v) is 11.6. The monoisotopic (exact) mass is 422 g/mol. The van der Waals surface area contributed by atoms with Crippen LogP contribution in [-0.4, -0.2) is 60.1 Å². The van der Waals surface area contributed by atoms with Crippen LogP contribution >= 0.6 is 0 Å². The number of carbonyl (C=O) groups is 3. The van der Waals surface area contributed by atoms with Gasteiger partial charge in [-0.3, -0.25) is 14.4 Å². The highest BCUT2D eigenvalue weighted by Crippen LogP contribution is 2.45. The third kappa shape index (κ3) is 5.42. The maximum absolute atomic E-state index is 13.5. The second-order valence-corrected chi connectivity index (χ2v) is 8.27. The molecule has 2 aliphatic rings. The van der Waals surface area contributed by atoms with Gasteiger partial charge in [-0.15, -0.1) is 0 Å². The Morgan fingerprint density at radius 1 is 1.13 bits per heavy atom. The number of hydrogen-bond donors (Lipinski definition) is 2. The average molecular weight is 423 g/mol.